The van der Waals surface area contributed by atoms with Crippen molar-refractivity contribution in [2.24, 2.45) is 11.3 Å². The molecule has 25 heavy (non-hydrogen) atoms. The zero-order valence-electron chi connectivity index (χ0n) is 14.7. The molecule has 0 spiro atoms. The first-order valence-electron chi connectivity index (χ1n) is 8.27. The summed E-state index contributed by atoms with van der Waals surface area (Å²) in [5.74, 6) is 0.531. The summed E-state index contributed by atoms with van der Waals surface area (Å²) in [5.41, 5.74) is 12.6. The van der Waals surface area contributed by atoms with Crippen molar-refractivity contribution in [1.82, 2.24) is 15.0 Å². The van der Waals surface area contributed by atoms with E-state index in [9.17, 15) is 4.79 Å². The van der Waals surface area contributed by atoms with Crippen LogP contribution in [0, 0.1) is 11.3 Å². The van der Waals surface area contributed by atoms with Crippen LogP contribution in [0.2, 0.25) is 0 Å². The Morgan fingerprint density at radius 3 is 2.60 bits per heavy atom. The average Bonchev–Trinajstić information content (AvgIpc) is 2.94. The van der Waals surface area contributed by atoms with Crippen LogP contribution >= 0.6 is 11.3 Å². The maximum atomic E-state index is 12.3. The number of nitrogens with two attached hydrogens (primary N) is 2. The van der Waals surface area contributed by atoms with Crippen LogP contribution in [-0.4, -0.2) is 20.9 Å². The third kappa shape index (κ3) is 4.07. The molecule has 1 aliphatic carbocycles. The van der Waals surface area contributed by atoms with Gasteiger partial charge in [0.05, 0.1) is 0 Å². The number of esters is 1. The van der Waals surface area contributed by atoms with E-state index in [0.717, 1.165) is 19.3 Å². The molecule has 0 saturated carbocycles. The van der Waals surface area contributed by atoms with Crippen molar-refractivity contribution in [1.29, 1.82) is 0 Å². The van der Waals surface area contributed by atoms with Gasteiger partial charge in [-0.15, -0.1) is 11.3 Å². The van der Waals surface area contributed by atoms with E-state index in [1.807, 2.05) is 6.07 Å². The van der Waals surface area contributed by atoms with E-state index in [4.69, 9.17) is 16.2 Å². The van der Waals surface area contributed by atoms with Gasteiger partial charge in [0.25, 0.3) is 0 Å². The molecule has 1 aliphatic rings. The number of anilines is 2. The minimum absolute atomic E-state index is 0.0124. The number of nitrogen functional groups attached to an aromatic ring is 2. The molecule has 0 aliphatic heterocycles. The van der Waals surface area contributed by atoms with Gasteiger partial charge >= 0.3 is 5.97 Å². The van der Waals surface area contributed by atoms with Crippen molar-refractivity contribution in [3.05, 3.63) is 27.2 Å². The van der Waals surface area contributed by atoms with E-state index < -0.39 is 0 Å². The van der Waals surface area contributed by atoms with Crippen molar-refractivity contribution >= 4 is 29.2 Å². The lowest BCUT2D eigenvalue weighted by atomic mass is 9.72. The summed E-state index contributed by atoms with van der Waals surface area (Å²) in [6.07, 6.45) is 3.20. The van der Waals surface area contributed by atoms with Crippen LogP contribution in [0.4, 0.5) is 11.9 Å². The summed E-state index contributed by atoms with van der Waals surface area (Å²) in [5, 5.41) is 0. The molecule has 134 valence electrons. The molecule has 2 aromatic rings. The first-order valence-corrected chi connectivity index (χ1v) is 9.08. The van der Waals surface area contributed by atoms with Crippen molar-refractivity contribution in [3.63, 3.8) is 0 Å². The first kappa shape index (κ1) is 17.6. The Bertz CT molecular complexity index is 777. The summed E-state index contributed by atoms with van der Waals surface area (Å²) < 4.78 is 5.30. The Morgan fingerprint density at radius 2 is 1.96 bits per heavy atom. The van der Waals surface area contributed by atoms with E-state index >= 15 is 0 Å². The minimum atomic E-state index is -0.371. The molecule has 0 radical (unpaired) electrons. The van der Waals surface area contributed by atoms with E-state index in [1.54, 1.807) is 0 Å². The normalized spacial score (nSPS) is 17.2. The monoisotopic (exact) mass is 361 g/mol. The van der Waals surface area contributed by atoms with Gasteiger partial charge in [0.1, 0.15) is 4.88 Å². The summed E-state index contributed by atoms with van der Waals surface area (Å²) >= 11 is 1.52. The van der Waals surface area contributed by atoms with Crippen LogP contribution in [0.25, 0.3) is 0 Å². The highest BCUT2D eigenvalue weighted by Crippen LogP contribution is 2.40. The molecule has 8 heteroatoms. The van der Waals surface area contributed by atoms with Crippen LogP contribution in [0.3, 0.4) is 0 Å². The number of rotatable bonds is 3. The molecule has 0 bridgehead atoms. The second kappa shape index (κ2) is 6.59. The smallest absolute Gasteiger partial charge is 0.348 e. The minimum Gasteiger partial charge on any atom is -0.453 e. The molecular weight excluding hydrogens is 338 g/mol. The third-order valence-electron chi connectivity index (χ3n) is 4.56. The maximum Gasteiger partial charge on any atom is 0.348 e. The fourth-order valence-corrected chi connectivity index (χ4v) is 4.19. The molecule has 0 unspecified atom stereocenters. The van der Waals surface area contributed by atoms with E-state index in [0.29, 0.717) is 10.8 Å². The Hall–Kier alpha value is -2.22. The number of aromatic nitrogens is 3. The van der Waals surface area contributed by atoms with E-state index in [1.165, 1.54) is 21.8 Å². The Labute approximate surface area is 150 Å². The van der Waals surface area contributed by atoms with E-state index in [2.05, 4.69) is 35.7 Å². The second-order valence-electron chi connectivity index (χ2n) is 7.41. The number of nitrogens with zero attached hydrogens (tertiary/aromatic N) is 3. The van der Waals surface area contributed by atoms with Crippen molar-refractivity contribution in [3.8, 4) is 0 Å². The highest BCUT2D eigenvalue weighted by Gasteiger charge is 2.30. The maximum absolute atomic E-state index is 12.3. The largest absolute Gasteiger partial charge is 0.453 e. The molecule has 3 rings (SSSR count). The van der Waals surface area contributed by atoms with Gasteiger partial charge in [-0.05, 0) is 42.2 Å². The number of aryl methyl sites for hydroxylation is 1. The van der Waals surface area contributed by atoms with Crippen LogP contribution in [0.5, 0.6) is 0 Å². The van der Waals surface area contributed by atoms with Gasteiger partial charge in [-0.3, -0.25) is 0 Å². The first-order chi connectivity index (χ1) is 11.7. The zero-order valence-corrected chi connectivity index (χ0v) is 15.5. The summed E-state index contributed by atoms with van der Waals surface area (Å²) in [7, 11) is 0. The van der Waals surface area contributed by atoms with Gasteiger partial charge in [-0.1, -0.05) is 20.8 Å². The second-order valence-corrected chi connectivity index (χ2v) is 8.55. The molecule has 2 heterocycles. The van der Waals surface area contributed by atoms with Crippen LogP contribution in [0.1, 0.15) is 53.1 Å². The lowest BCUT2D eigenvalue weighted by Crippen LogP contribution is -2.26. The molecular formula is C17H23N5O2S. The molecule has 0 aromatic carbocycles. The van der Waals surface area contributed by atoms with Crippen molar-refractivity contribution in [2.45, 2.75) is 46.6 Å². The predicted molar refractivity (Wildman–Crippen MR) is 97.1 cm³/mol. The molecule has 0 fully saturated rings. The Morgan fingerprint density at radius 1 is 1.28 bits per heavy atom. The average molecular weight is 361 g/mol. The van der Waals surface area contributed by atoms with Gasteiger partial charge in [0.15, 0.2) is 12.4 Å². The number of thiophene rings is 1. The fraction of sp³-hybridized carbons (Fsp3) is 0.529. The van der Waals surface area contributed by atoms with Gasteiger partial charge in [0.2, 0.25) is 11.9 Å². The van der Waals surface area contributed by atoms with Gasteiger partial charge < -0.3 is 16.2 Å². The zero-order chi connectivity index (χ0) is 18.2. The molecule has 7 nitrogen and oxygen atoms in total. The van der Waals surface area contributed by atoms with Gasteiger partial charge in [-0.2, -0.15) is 15.0 Å². The molecule has 2 aromatic heterocycles. The number of ether oxygens (including phenoxy) is 1. The van der Waals surface area contributed by atoms with Crippen molar-refractivity contribution < 1.29 is 9.53 Å². The summed E-state index contributed by atoms with van der Waals surface area (Å²) in [6, 6.07) is 1.97. The Kier molecular flexibility index (Phi) is 4.64. The Balaban J connectivity index is 1.67. The fourth-order valence-electron chi connectivity index (χ4n) is 3.09. The SMILES string of the molecule is CC(C)(C)[C@@H]1CCc2sc(C(=O)OCc3nc(N)nc(N)n3)cc2C1. The van der Waals surface area contributed by atoms with Gasteiger partial charge in [0, 0.05) is 4.88 Å². The molecule has 1 atom stereocenters. The lowest BCUT2D eigenvalue weighted by Gasteiger charge is -2.33. The van der Waals surface area contributed by atoms with Crippen LogP contribution in [-0.2, 0) is 24.2 Å². The quantitative estimate of drug-likeness (QED) is 0.807. The molecule has 0 amide bonds. The number of carbonyl (C=O) groups excluding carboxylic acids is 1. The number of hydrogen-bond donors (Lipinski definition) is 2. The predicted octanol–water partition coefficient (Wildman–Crippen LogP) is 2.61. The standard InChI is InChI=1S/C17H23N5O2S/c1-17(2,3)10-4-5-11-9(6-10)7-12(25-11)14(23)24-8-13-20-15(18)22-16(19)21-13/h7,10H,4-6,8H2,1-3H3,(H4,18,19,20,21,22)/t10-/m1/s1. The third-order valence-corrected chi connectivity index (χ3v) is 5.77. The molecule has 0 saturated heterocycles. The van der Waals surface area contributed by atoms with Crippen LogP contribution in [0.15, 0.2) is 6.07 Å². The van der Waals surface area contributed by atoms with Crippen LogP contribution < -0.4 is 11.5 Å². The molecule has 4 N–H and O–H groups in total. The van der Waals surface area contributed by atoms with Gasteiger partial charge in [-0.25, -0.2) is 4.79 Å². The van der Waals surface area contributed by atoms with E-state index in [-0.39, 0.29) is 35.7 Å². The number of hydrogen-bond acceptors (Lipinski definition) is 8. The number of fused-ring (bicyclic) bond motifs is 1. The van der Waals surface area contributed by atoms with Crippen molar-refractivity contribution in [2.75, 3.05) is 11.5 Å². The summed E-state index contributed by atoms with van der Waals surface area (Å²) in [4.78, 5) is 25.7. The summed E-state index contributed by atoms with van der Waals surface area (Å²) in [6.45, 7) is 6.74. The topological polar surface area (TPSA) is 117 Å². The highest BCUT2D eigenvalue weighted by molar-refractivity contribution is 7.14. The lowest BCUT2D eigenvalue weighted by molar-refractivity contribution is 0.0468. The highest BCUT2D eigenvalue weighted by atomic mass is 32.1. The number of carbonyl (C=O) groups is 1.